The number of hydrogen-bond acceptors (Lipinski definition) is 0. The summed E-state index contributed by atoms with van der Waals surface area (Å²) in [6.45, 7) is 9.64. The third kappa shape index (κ3) is 32.2. The van der Waals surface area contributed by atoms with E-state index in [-0.39, 0.29) is 0 Å². The Hall–Kier alpha value is 0. The lowest BCUT2D eigenvalue weighted by Crippen LogP contribution is -1.99. The van der Waals surface area contributed by atoms with E-state index < -0.39 is 0 Å². The van der Waals surface area contributed by atoms with Crippen LogP contribution in [0.15, 0.2) is 0 Å². The standard InChI is InChI=1S/C38H78/c1-5-7-9-11-13-15-17-19-21-23-25-27-29-31-34-38(4)36-32-35-37(3)33-30-28-26-24-22-20-18-16-14-12-10-8-6-2/h37-38H,5-36H2,1-4H3. The Kier molecular flexibility index (Phi) is 33.2. The second-order valence-corrected chi connectivity index (χ2v) is 13.6. The summed E-state index contributed by atoms with van der Waals surface area (Å²) >= 11 is 0. The van der Waals surface area contributed by atoms with Crippen LogP contribution in [0.4, 0.5) is 0 Å². The second kappa shape index (κ2) is 33.2. The molecule has 0 saturated carbocycles. The van der Waals surface area contributed by atoms with Gasteiger partial charge in [0.15, 0.2) is 0 Å². The van der Waals surface area contributed by atoms with Gasteiger partial charge in [-0.2, -0.15) is 0 Å². The zero-order valence-electron chi connectivity index (χ0n) is 27.8. The van der Waals surface area contributed by atoms with Gasteiger partial charge in [0, 0.05) is 0 Å². The topological polar surface area (TPSA) is 0 Å². The van der Waals surface area contributed by atoms with Gasteiger partial charge in [-0.15, -0.1) is 0 Å². The lowest BCUT2D eigenvalue weighted by atomic mass is 9.92. The fraction of sp³-hybridized carbons (Fsp3) is 1.00. The van der Waals surface area contributed by atoms with Crippen molar-refractivity contribution in [3.8, 4) is 0 Å². The summed E-state index contributed by atoms with van der Waals surface area (Å²) in [5, 5.41) is 0. The lowest BCUT2D eigenvalue weighted by Gasteiger charge is -2.14. The van der Waals surface area contributed by atoms with Gasteiger partial charge in [-0.3, -0.25) is 0 Å². The normalized spacial score (nSPS) is 13.3. The predicted octanol–water partition coefficient (Wildman–Crippen LogP) is 14.8. The molecule has 38 heavy (non-hydrogen) atoms. The molecule has 230 valence electrons. The molecule has 0 heterocycles. The van der Waals surface area contributed by atoms with E-state index in [4.69, 9.17) is 0 Å². The maximum absolute atomic E-state index is 2.51. The minimum atomic E-state index is 0.955. The highest BCUT2D eigenvalue weighted by Gasteiger charge is 2.06. The lowest BCUT2D eigenvalue weighted by molar-refractivity contribution is 0.390. The van der Waals surface area contributed by atoms with Gasteiger partial charge in [-0.1, -0.05) is 233 Å². The fourth-order valence-electron chi connectivity index (χ4n) is 6.30. The van der Waals surface area contributed by atoms with Crippen LogP contribution in [-0.4, -0.2) is 0 Å². The summed E-state index contributed by atoms with van der Waals surface area (Å²) in [4.78, 5) is 0. The minimum Gasteiger partial charge on any atom is -0.0654 e. The Bertz CT molecular complexity index is 399. The summed E-state index contributed by atoms with van der Waals surface area (Å²) < 4.78 is 0. The number of hydrogen-bond donors (Lipinski definition) is 0. The predicted molar refractivity (Wildman–Crippen MR) is 177 cm³/mol. The summed E-state index contributed by atoms with van der Waals surface area (Å²) in [7, 11) is 0. The first-order valence-corrected chi connectivity index (χ1v) is 18.7. The van der Waals surface area contributed by atoms with Gasteiger partial charge in [0.2, 0.25) is 0 Å². The van der Waals surface area contributed by atoms with Crippen LogP contribution in [0.1, 0.15) is 233 Å². The maximum atomic E-state index is 2.51. The molecule has 0 aliphatic carbocycles. The highest BCUT2D eigenvalue weighted by molar-refractivity contribution is 4.60. The third-order valence-corrected chi connectivity index (χ3v) is 9.24. The Balaban J connectivity index is 3.26. The Morgan fingerprint density at radius 2 is 0.421 bits per heavy atom. The van der Waals surface area contributed by atoms with Crippen LogP contribution >= 0.6 is 0 Å². The van der Waals surface area contributed by atoms with E-state index in [0.717, 1.165) is 11.8 Å². The molecule has 0 amide bonds. The van der Waals surface area contributed by atoms with E-state index in [1.165, 1.54) is 205 Å². The summed E-state index contributed by atoms with van der Waals surface area (Å²) in [5.74, 6) is 1.91. The monoisotopic (exact) mass is 535 g/mol. The van der Waals surface area contributed by atoms with E-state index in [0.29, 0.717) is 0 Å². The van der Waals surface area contributed by atoms with Gasteiger partial charge in [-0.05, 0) is 11.8 Å². The first-order chi connectivity index (χ1) is 18.7. The number of unbranched alkanes of at least 4 members (excludes halogenated alkanes) is 25. The molecule has 0 aliphatic heterocycles. The first kappa shape index (κ1) is 38.0. The Morgan fingerprint density at radius 1 is 0.237 bits per heavy atom. The van der Waals surface area contributed by atoms with E-state index in [9.17, 15) is 0 Å². The minimum absolute atomic E-state index is 0.955. The van der Waals surface area contributed by atoms with Crippen molar-refractivity contribution in [2.24, 2.45) is 11.8 Å². The Labute approximate surface area is 244 Å². The van der Waals surface area contributed by atoms with Gasteiger partial charge in [0.05, 0.1) is 0 Å². The molecule has 0 nitrogen and oxygen atoms in total. The van der Waals surface area contributed by atoms with Crippen molar-refractivity contribution in [2.75, 3.05) is 0 Å². The molecule has 0 heteroatoms. The highest BCUT2D eigenvalue weighted by atomic mass is 14.1. The van der Waals surface area contributed by atoms with E-state index in [2.05, 4.69) is 27.7 Å². The largest absolute Gasteiger partial charge is 0.0654 e. The average Bonchev–Trinajstić information content (AvgIpc) is 2.91. The van der Waals surface area contributed by atoms with Gasteiger partial charge < -0.3 is 0 Å². The number of rotatable bonds is 33. The molecular weight excluding hydrogens is 456 g/mol. The van der Waals surface area contributed by atoms with Crippen molar-refractivity contribution >= 4 is 0 Å². The fourth-order valence-corrected chi connectivity index (χ4v) is 6.30. The maximum Gasteiger partial charge on any atom is -0.0443 e. The van der Waals surface area contributed by atoms with Gasteiger partial charge in [0.25, 0.3) is 0 Å². The molecule has 0 aromatic carbocycles. The van der Waals surface area contributed by atoms with Crippen LogP contribution in [0.3, 0.4) is 0 Å². The molecule has 0 aliphatic rings. The second-order valence-electron chi connectivity index (χ2n) is 13.6. The van der Waals surface area contributed by atoms with Crippen LogP contribution in [0.5, 0.6) is 0 Å². The van der Waals surface area contributed by atoms with Crippen LogP contribution in [0.2, 0.25) is 0 Å². The van der Waals surface area contributed by atoms with Crippen LogP contribution < -0.4 is 0 Å². The molecule has 2 unspecified atom stereocenters. The molecule has 0 fully saturated rings. The van der Waals surface area contributed by atoms with Crippen LogP contribution in [0, 0.1) is 11.8 Å². The zero-order chi connectivity index (χ0) is 27.8. The van der Waals surface area contributed by atoms with E-state index in [1.54, 1.807) is 0 Å². The van der Waals surface area contributed by atoms with Crippen molar-refractivity contribution in [2.45, 2.75) is 233 Å². The van der Waals surface area contributed by atoms with E-state index >= 15 is 0 Å². The van der Waals surface area contributed by atoms with Crippen molar-refractivity contribution in [1.82, 2.24) is 0 Å². The highest BCUT2D eigenvalue weighted by Crippen LogP contribution is 2.22. The van der Waals surface area contributed by atoms with Crippen LogP contribution in [-0.2, 0) is 0 Å². The van der Waals surface area contributed by atoms with Crippen LogP contribution in [0.25, 0.3) is 0 Å². The molecule has 2 atom stereocenters. The van der Waals surface area contributed by atoms with Gasteiger partial charge in [0.1, 0.15) is 0 Å². The van der Waals surface area contributed by atoms with Gasteiger partial charge in [-0.25, -0.2) is 0 Å². The molecule has 0 saturated heterocycles. The third-order valence-electron chi connectivity index (χ3n) is 9.24. The van der Waals surface area contributed by atoms with Crippen molar-refractivity contribution in [3.63, 3.8) is 0 Å². The molecule has 0 aromatic heterocycles. The molecule has 0 bridgehead atoms. The van der Waals surface area contributed by atoms with E-state index in [1.807, 2.05) is 0 Å². The molecule has 0 radical (unpaired) electrons. The van der Waals surface area contributed by atoms with Crippen molar-refractivity contribution in [3.05, 3.63) is 0 Å². The molecule has 0 N–H and O–H groups in total. The summed E-state index contributed by atoms with van der Waals surface area (Å²) in [6.07, 6.45) is 47.1. The molecule has 0 aromatic rings. The zero-order valence-corrected chi connectivity index (χ0v) is 27.8. The summed E-state index contributed by atoms with van der Waals surface area (Å²) in [5.41, 5.74) is 0. The first-order valence-electron chi connectivity index (χ1n) is 18.7. The molecule has 0 spiro atoms. The Morgan fingerprint density at radius 3 is 0.658 bits per heavy atom. The van der Waals surface area contributed by atoms with Crippen molar-refractivity contribution in [1.29, 1.82) is 0 Å². The van der Waals surface area contributed by atoms with Gasteiger partial charge >= 0.3 is 0 Å². The smallest absolute Gasteiger partial charge is 0.0443 e. The summed E-state index contributed by atoms with van der Waals surface area (Å²) in [6, 6.07) is 0. The molecular formula is C38H78. The quantitative estimate of drug-likeness (QED) is 0.0734. The molecule has 0 rings (SSSR count). The SMILES string of the molecule is CCCCCCCCCCCCCCCCC(C)CCCC(C)CCCCCCCCCCCCCCC. The average molecular weight is 535 g/mol. The van der Waals surface area contributed by atoms with Crippen molar-refractivity contribution < 1.29 is 0 Å².